The van der Waals surface area contributed by atoms with Crippen molar-refractivity contribution < 1.29 is 9.59 Å². The third-order valence-electron chi connectivity index (χ3n) is 4.92. The highest BCUT2D eigenvalue weighted by atomic mass is 16.2. The van der Waals surface area contributed by atoms with Crippen molar-refractivity contribution in [2.45, 2.75) is 0 Å². The number of hydrogen-bond acceptors (Lipinski definition) is 6. The van der Waals surface area contributed by atoms with Crippen LogP contribution in [-0.2, 0) is 0 Å². The minimum Gasteiger partial charge on any atom is -0.306 e. The van der Waals surface area contributed by atoms with Gasteiger partial charge in [0.2, 0.25) is 0 Å². The number of amides is 2. The fourth-order valence-corrected chi connectivity index (χ4v) is 3.37. The molecular formula is C24H18N8O2. The van der Waals surface area contributed by atoms with E-state index in [2.05, 4.69) is 30.8 Å². The number of nitrogens with one attached hydrogen (secondary N) is 2. The number of anilines is 2. The van der Waals surface area contributed by atoms with E-state index in [1.54, 1.807) is 85.5 Å². The van der Waals surface area contributed by atoms with Gasteiger partial charge in [0, 0.05) is 24.5 Å². The number of carbonyl (C=O) groups excluding carboxylic acids is 2. The van der Waals surface area contributed by atoms with Gasteiger partial charge in [0.1, 0.15) is 11.6 Å². The number of rotatable bonds is 6. The second-order valence-corrected chi connectivity index (χ2v) is 7.09. The molecule has 34 heavy (non-hydrogen) atoms. The molecule has 0 saturated carbocycles. The zero-order valence-electron chi connectivity index (χ0n) is 17.7. The Balaban J connectivity index is 1.39. The van der Waals surface area contributed by atoms with Crippen molar-refractivity contribution in [1.29, 1.82) is 0 Å². The van der Waals surface area contributed by atoms with Crippen LogP contribution in [0.15, 0.2) is 97.6 Å². The van der Waals surface area contributed by atoms with Crippen LogP contribution >= 0.6 is 0 Å². The van der Waals surface area contributed by atoms with Crippen molar-refractivity contribution >= 4 is 23.5 Å². The van der Waals surface area contributed by atoms with Gasteiger partial charge in [0.05, 0.1) is 23.5 Å². The molecule has 0 spiro atoms. The van der Waals surface area contributed by atoms with E-state index in [0.717, 1.165) is 0 Å². The topological polar surface area (TPSA) is 120 Å². The van der Waals surface area contributed by atoms with Gasteiger partial charge in [-0.05, 0) is 36.4 Å². The maximum Gasteiger partial charge on any atom is 0.257 e. The van der Waals surface area contributed by atoms with Crippen molar-refractivity contribution in [3.8, 4) is 11.6 Å². The van der Waals surface area contributed by atoms with E-state index in [1.807, 2.05) is 12.1 Å². The van der Waals surface area contributed by atoms with Crippen LogP contribution in [0.25, 0.3) is 11.6 Å². The van der Waals surface area contributed by atoms with Crippen LogP contribution in [0.4, 0.5) is 11.6 Å². The molecule has 0 fully saturated rings. The number of pyridine rings is 2. The molecule has 0 aliphatic rings. The van der Waals surface area contributed by atoms with E-state index < -0.39 is 11.8 Å². The van der Waals surface area contributed by atoms with Crippen molar-refractivity contribution in [2.75, 3.05) is 10.6 Å². The third-order valence-corrected chi connectivity index (χ3v) is 4.92. The summed E-state index contributed by atoms with van der Waals surface area (Å²) in [4.78, 5) is 34.8. The summed E-state index contributed by atoms with van der Waals surface area (Å²) in [6, 6.07) is 20.6. The standard InChI is InChI=1S/C24H18N8O2/c33-23(29-21-11-15-27-31(21)19-9-3-5-13-25-19)17-7-1-2-8-18(17)24(34)30-22-12-16-28-32(22)20-10-4-6-14-26-20/h1-16H,(H,29,33)(H,30,34). The van der Waals surface area contributed by atoms with Crippen molar-refractivity contribution in [3.05, 3.63) is 109 Å². The van der Waals surface area contributed by atoms with E-state index in [1.165, 1.54) is 9.36 Å². The molecule has 10 heteroatoms. The monoisotopic (exact) mass is 450 g/mol. The molecular weight excluding hydrogens is 432 g/mol. The Labute approximate surface area is 193 Å². The van der Waals surface area contributed by atoms with E-state index >= 15 is 0 Å². The molecule has 0 aliphatic heterocycles. The third kappa shape index (κ3) is 4.15. The number of nitrogens with zero attached hydrogens (tertiary/aromatic N) is 6. The Morgan fingerprint density at radius 3 is 1.41 bits per heavy atom. The highest BCUT2D eigenvalue weighted by molar-refractivity contribution is 6.15. The summed E-state index contributed by atoms with van der Waals surface area (Å²) in [5.74, 6) is 1.04. The van der Waals surface area contributed by atoms with Crippen LogP contribution in [0.3, 0.4) is 0 Å². The lowest BCUT2D eigenvalue weighted by atomic mass is 10.1. The largest absolute Gasteiger partial charge is 0.306 e. The molecule has 0 atom stereocenters. The molecule has 5 aromatic rings. The van der Waals surface area contributed by atoms with Gasteiger partial charge in [-0.25, -0.2) is 9.97 Å². The molecule has 166 valence electrons. The summed E-state index contributed by atoms with van der Waals surface area (Å²) < 4.78 is 3.01. The molecule has 4 aromatic heterocycles. The zero-order chi connectivity index (χ0) is 23.3. The fourth-order valence-electron chi connectivity index (χ4n) is 3.37. The predicted octanol–water partition coefficient (Wildman–Crippen LogP) is 3.35. The van der Waals surface area contributed by atoms with Crippen LogP contribution < -0.4 is 10.6 Å². The summed E-state index contributed by atoms with van der Waals surface area (Å²) in [6.07, 6.45) is 6.39. The van der Waals surface area contributed by atoms with E-state index in [-0.39, 0.29) is 11.1 Å². The minimum atomic E-state index is -0.457. The van der Waals surface area contributed by atoms with Gasteiger partial charge in [0.15, 0.2) is 11.6 Å². The number of hydrogen-bond donors (Lipinski definition) is 2. The fraction of sp³-hybridized carbons (Fsp3) is 0. The highest BCUT2D eigenvalue weighted by Crippen LogP contribution is 2.18. The number of benzene rings is 1. The molecule has 0 bridgehead atoms. The van der Waals surface area contributed by atoms with Crippen molar-refractivity contribution in [1.82, 2.24) is 29.5 Å². The molecule has 1 aromatic carbocycles. The van der Waals surface area contributed by atoms with E-state index in [4.69, 9.17) is 0 Å². The average Bonchev–Trinajstić information content (AvgIpc) is 3.54. The lowest BCUT2D eigenvalue weighted by Gasteiger charge is -2.12. The molecule has 0 saturated heterocycles. The van der Waals surface area contributed by atoms with Crippen LogP contribution in [0.2, 0.25) is 0 Å². The molecule has 2 amide bonds. The second-order valence-electron chi connectivity index (χ2n) is 7.09. The first-order valence-corrected chi connectivity index (χ1v) is 10.3. The maximum atomic E-state index is 13.1. The Morgan fingerprint density at radius 2 is 1.00 bits per heavy atom. The van der Waals surface area contributed by atoms with Crippen LogP contribution in [0.1, 0.15) is 20.7 Å². The van der Waals surface area contributed by atoms with Gasteiger partial charge >= 0.3 is 0 Å². The first-order chi connectivity index (χ1) is 16.7. The molecule has 2 N–H and O–H groups in total. The highest BCUT2D eigenvalue weighted by Gasteiger charge is 2.20. The summed E-state index contributed by atoms with van der Waals surface area (Å²) >= 11 is 0. The summed E-state index contributed by atoms with van der Waals surface area (Å²) in [5, 5.41) is 14.1. The lowest BCUT2D eigenvalue weighted by molar-refractivity contribution is 0.0990. The first-order valence-electron chi connectivity index (χ1n) is 10.3. The quantitative estimate of drug-likeness (QED) is 0.409. The summed E-state index contributed by atoms with van der Waals surface area (Å²) in [7, 11) is 0. The molecule has 5 rings (SSSR count). The summed E-state index contributed by atoms with van der Waals surface area (Å²) in [5.41, 5.74) is 0.412. The molecule has 4 heterocycles. The molecule has 10 nitrogen and oxygen atoms in total. The number of aromatic nitrogens is 6. The Hall–Kier alpha value is -5.12. The van der Waals surface area contributed by atoms with Gasteiger partial charge in [-0.15, -0.1) is 0 Å². The van der Waals surface area contributed by atoms with Crippen LogP contribution in [0.5, 0.6) is 0 Å². The first kappa shape index (κ1) is 20.8. The van der Waals surface area contributed by atoms with Crippen LogP contribution in [0, 0.1) is 0 Å². The average molecular weight is 450 g/mol. The number of carbonyl (C=O) groups is 2. The van der Waals surface area contributed by atoms with E-state index in [0.29, 0.717) is 23.3 Å². The zero-order valence-corrected chi connectivity index (χ0v) is 17.7. The van der Waals surface area contributed by atoms with E-state index in [9.17, 15) is 9.59 Å². The molecule has 0 aliphatic carbocycles. The minimum absolute atomic E-state index is 0.206. The van der Waals surface area contributed by atoms with Crippen LogP contribution in [-0.4, -0.2) is 41.3 Å². The Morgan fingerprint density at radius 1 is 0.559 bits per heavy atom. The Bertz CT molecular complexity index is 1330. The van der Waals surface area contributed by atoms with Gasteiger partial charge in [-0.1, -0.05) is 24.3 Å². The lowest BCUT2D eigenvalue weighted by Crippen LogP contribution is -2.22. The summed E-state index contributed by atoms with van der Waals surface area (Å²) in [6.45, 7) is 0. The maximum absolute atomic E-state index is 13.1. The van der Waals surface area contributed by atoms with Crippen molar-refractivity contribution in [2.24, 2.45) is 0 Å². The molecule has 0 radical (unpaired) electrons. The normalized spacial score (nSPS) is 10.6. The van der Waals surface area contributed by atoms with Gasteiger partial charge < -0.3 is 10.6 Å². The Kier molecular flexibility index (Phi) is 5.60. The second kappa shape index (κ2) is 9.17. The van der Waals surface area contributed by atoms with Gasteiger partial charge in [-0.3, -0.25) is 9.59 Å². The van der Waals surface area contributed by atoms with Crippen molar-refractivity contribution in [3.63, 3.8) is 0 Å². The van der Waals surface area contributed by atoms with Gasteiger partial charge in [-0.2, -0.15) is 19.6 Å². The smallest absolute Gasteiger partial charge is 0.257 e. The molecule has 0 unspecified atom stereocenters. The predicted molar refractivity (Wildman–Crippen MR) is 125 cm³/mol. The van der Waals surface area contributed by atoms with Gasteiger partial charge in [0.25, 0.3) is 11.8 Å². The SMILES string of the molecule is O=C(Nc1ccnn1-c1ccccn1)c1ccccc1C(=O)Nc1ccnn1-c1ccccn1.